The fourth-order valence-electron chi connectivity index (χ4n) is 5.64. The third kappa shape index (κ3) is 15.7. The Hall–Kier alpha value is -7.40. The van der Waals surface area contributed by atoms with Crippen molar-refractivity contribution in [2.75, 3.05) is 25.1 Å². The topological polar surface area (TPSA) is 234 Å². The second-order valence-corrected chi connectivity index (χ2v) is 13.6. The molecule has 3 amide bonds. The number of amides is 3. The molecule has 17 heteroatoms. The number of ether oxygens (including phenoxy) is 4. The van der Waals surface area contributed by atoms with Crippen molar-refractivity contribution in [3.63, 3.8) is 0 Å². The highest BCUT2D eigenvalue weighted by Crippen LogP contribution is 2.18. The van der Waals surface area contributed by atoms with Crippen LogP contribution in [0.3, 0.4) is 0 Å². The molecule has 0 fully saturated rings. The summed E-state index contributed by atoms with van der Waals surface area (Å²) in [4.78, 5) is 91.4. The molecule has 0 aliphatic carbocycles. The number of esters is 2. The zero-order valence-corrected chi connectivity index (χ0v) is 33.3. The van der Waals surface area contributed by atoms with E-state index < -0.39 is 53.9 Å². The van der Waals surface area contributed by atoms with Crippen LogP contribution in [0.15, 0.2) is 119 Å². The maximum atomic E-state index is 13.9. The van der Waals surface area contributed by atoms with Crippen molar-refractivity contribution < 1.29 is 52.2 Å². The van der Waals surface area contributed by atoms with Crippen LogP contribution in [0.1, 0.15) is 42.9 Å². The van der Waals surface area contributed by atoms with Crippen molar-refractivity contribution in [3.05, 3.63) is 136 Å². The Labute approximate surface area is 350 Å². The van der Waals surface area contributed by atoms with E-state index in [1.54, 1.807) is 103 Å². The molecule has 61 heavy (non-hydrogen) atoms. The van der Waals surface area contributed by atoms with Gasteiger partial charge in [-0.05, 0) is 60.0 Å². The van der Waals surface area contributed by atoms with Gasteiger partial charge < -0.3 is 34.9 Å². The molecule has 0 saturated carbocycles. The Balaban J connectivity index is 1.24. The minimum Gasteiger partial charge on any atom is -0.491 e. The number of ketones is 1. The number of Topliss-reactive ketones (excluding diaryl/α,β-unsaturated/α-hetero) is 1. The van der Waals surface area contributed by atoms with Crippen LogP contribution in [0.5, 0.6) is 5.75 Å². The Kier molecular flexibility index (Phi) is 17.0. The van der Waals surface area contributed by atoms with Crippen LogP contribution in [-0.4, -0.2) is 77.5 Å². The zero-order chi connectivity index (χ0) is 43.4. The van der Waals surface area contributed by atoms with Gasteiger partial charge in [0.25, 0.3) is 0 Å². The summed E-state index contributed by atoms with van der Waals surface area (Å²) in [7, 11) is 0. The number of hydrogen-bond acceptors (Lipinski definition) is 13. The molecule has 0 radical (unpaired) electrons. The summed E-state index contributed by atoms with van der Waals surface area (Å²) in [5.41, 5.74) is 2.98. The van der Waals surface area contributed by atoms with Crippen molar-refractivity contribution in [3.8, 4) is 17.1 Å². The summed E-state index contributed by atoms with van der Waals surface area (Å²) < 4.78 is 26.4. The minimum atomic E-state index is -1.50. The summed E-state index contributed by atoms with van der Waals surface area (Å²) in [6.07, 6.45) is -1.25. The van der Waals surface area contributed by atoms with Crippen LogP contribution in [0.2, 0.25) is 0 Å². The smallest absolute Gasteiger partial charge is 0.439 e. The predicted molar refractivity (Wildman–Crippen MR) is 219 cm³/mol. The molecule has 4 N–H and O–H groups in total. The number of nitrogens with zero attached hydrogens (tertiary/aromatic N) is 1. The summed E-state index contributed by atoms with van der Waals surface area (Å²) in [5.74, 6) is -3.76. The molecule has 0 spiro atoms. The summed E-state index contributed by atoms with van der Waals surface area (Å²) >= 11 is 0. The summed E-state index contributed by atoms with van der Waals surface area (Å²) in [6, 6.07) is 28.2. The van der Waals surface area contributed by atoms with Gasteiger partial charge in [-0.15, -0.1) is 0 Å². The van der Waals surface area contributed by atoms with E-state index in [-0.39, 0.29) is 63.9 Å². The van der Waals surface area contributed by atoms with E-state index in [4.69, 9.17) is 18.9 Å². The third-order valence-corrected chi connectivity index (χ3v) is 8.72. The first-order valence-corrected chi connectivity index (χ1v) is 19.3. The van der Waals surface area contributed by atoms with Gasteiger partial charge in [-0.25, -0.2) is 9.59 Å². The number of aromatic nitrogens is 2. The number of nitrogens with one attached hydrogen (secondary N) is 4. The normalized spacial score (nSPS) is 11.7. The van der Waals surface area contributed by atoms with Crippen molar-refractivity contribution in [1.29, 1.82) is 0 Å². The van der Waals surface area contributed by atoms with E-state index in [9.17, 15) is 33.6 Å². The Bertz CT molecular complexity index is 2280. The summed E-state index contributed by atoms with van der Waals surface area (Å²) in [5, 5.41) is 11.5. The predicted octanol–water partition coefficient (Wildman–Crippen LogP) is 3.82. The standard InChI is InChI=1S/C44H45N5O12/c1-29(50)26-57-22-23-58-35-18-12-30(13-19-35)24-37(43(55)60-28-32-10-6-3-7-11-32)47-42(54)36(25-40(53)59-27-31-8-4-2-5-9-31)46-39(52)21-20-38(51)45-34-16-14-33(15-17-34)41-48-44(56)61-49-41/h2-19,36-37H,20-28H2,1H3,(H,45,51)(H,46,52)(H,47,54)(H,48,49,56)/t36-,37-/m0/s1. The number of carbonyl (C=O) groups is 6. The number of H-pyrrole nitrogens is 1. The molecule has 318 valence electrons. The number of hydrogen-bond donors (Lipinski definition) is 4. The lowest BCUT2D eigenvalue weighted by molar-refractivity contribution is -0.150. The van der Waals surface area contributed by atoms with Crippen molar-refractivity contribution in [2.45, 2.75) is 57.9 Å². The van der Waals surface area contributed by atoms with Crippen LogP contribution in [0.25, 0.3) is 11.4 Å². The van der Waals surface area contributed by atoms with Gasteiger partial charge in [0, 0.05) is 30.5 Å². The molecule has 5 rings (SSSR count). The second kappa shape index (κ2) is 23.3. The minimum absolute atomic E-state index is 0.0123. The Morgan fingerprint density at radius 2 is 1.34 bits per heavy atom. The van der Waals surface area contributed by atoms with Crippen molar-refractivity contribution in [2.24, 2.45) is 0 Å². The van der Waals surface area contributed by atoms with E-state index in [1.807, 2.05) is 6.07 Å². The zero-order valence-electron chi connectivity index (χ0n) is 33.3. The van der Waals surface area contributed by atoms with Gasteiger partial charge in [0.05, 0.1) is 13.0 Å². The van der Waals surface area contributed by atoms with E-state index >= 15 is 0 Å². The Morgan fingerprint density at radius 3 is 1.97 bits per heavy atom. The molecule has 0 unspecified atom stereocenters. The first kappa shape index (κ1) is 44.7. The van der Waals surface area contributed by atoms with E-state index in [0.717, 1.165) is 0 Å². The average molecular weight is 836 g/mol. The van der Waals surface area contributed by atoms with E-state index in [1.165, 1.54) is 6.92 Å². The Morgan fingerprint density at radius 1 is 0.705 bits per heavy atom. The van der Waals surface area contributed by atoms with Crippen LogP contribution in [0, 0.1) is 0 Å². The van der Waals surface area contributed by atoms with Crippen molar-refractivity contribution in [1.82, 2.24) is 20.8 Å². The molecule has 0 aliphatic heterocycles. The SMILES string of the molecule is CC(=O)COCCOc1ccc(C[C@H](NC(=O)[C@H](CC(=O)OCc2ccccc2)NC(=O)CCC(=O)Nc2ccc(-c3noc(=O)[nH]3)cc2)C(=O)OCc2ccccc2)cc1. The lowest BCUT2D eigenvalue weighted by Crippen LogP contribution is -2.53. The summed E-state index contributed by atoms with van der Waals surface area (Å²) in [6.45, 7) is 1.66. The first-order chi connectivity index (χ1) is 29.5. The molecule has 0 bridgehead atoms. The largest absolute Gasteiger partial charge is 0.491 e. The first-order valence-electron chi connectivity index (χ1n) is 19.3. The van der Waals surface area contributed by atoms with Gasteiger partial charge in [0.2, 0.25) is 17.7 Å². The fourth-order valence-corrected chi connectivity index (χ4v) is 5.64. The number of rotatable bonds is 23. The lowest BCUT2D eigenvalue weighted by Gasteiger charge is -2.23. The van der Waals surface area contributed by atoms with Gasteiger partial charge in [0.1, 0.15) is 44.3 Å². The highest BCUT2D eigenvalue weighted by atomic mass is 16.5. The molecule has 1 aromatic heterocycles. The highest BCUT2D eigenvalue weighted by molar-refractivity contribution is 5.96. The van der Waals surface area contributed by atoms with Gasteiger partial charge in [0.15, 0.2) is 11.6 Å². The molecular weight excluding hydrogens is 791 g/mol. The molecule has 4 aromatic carbocycles. The van der Waals surface area contributed by atoms with Crippen LogP contribution in [-0.2, 0) is 62.6 Å². The maximum absolute atomic E-state index is 13.9. The third-order valence-electron chi connectivity index (χ3n) is 8.72. The number of benzene rings is 4. The molecule has 5 aromatic rings. The number of aromatic amines is 1. The molecule has 17 nitrogen and oxygen atoms in total. The quantitative estimate of drug-likeness (QED) is 0.0542. The van der Waals surface area contributed by atoms with Gasteiger partial charge in [-0.1, -0.05) is 78.0 Å². The molecule has 0 aliphatic rings. The van der Waals surface area contributed by atoms with Crippen LogP contribution < -0.4 is 26.4 Å². The average Bonchev–Trinajstić information content (AvgIpc) is 3.70. The molecule has 1 heterocycles. The molecule has 0 saturated heterocycles. The number of anilines is 1. The maximum Gasteiger partial charge on any atom is 0.439 e. The monoisotopic (exact) mass is 835 g/mol. The molecular formula is C44H45N5O12. The second-order valence-electron chi connectivity index (χ2n) is 13.6. The van der Waals surface area contributed by atoms with E-state index in [2.05, 4.69) is 30.6 Å². The van der Waals surface area contributed by atoms with E-state index in [0.29, 0.717) is 33.7 Å². The van der Waals surface area contributed by atoms with Gasteiger partial charge in [-0.3, -0.25) is 33.5 Å². The van der Waals surface area contributed by atoms with Gasteiger partial charge >= 0.3 is 17.7 Å². The van der Waals surface area contributed by atoms with Crippen molar-refractivity contribution >= 4 is 41.1 Å². The lowest BCUT2D eigenvalue weighted by atomic mass is 10.0. The fraction of sp³-hybridized carbons (Fsp3) is 0.273. The number of carbonyl (C=O) groups excluding carboxylic acids is 6. The molecule has 2 atom stereocenters. The van der Waals surface area contributed by atoms with Gasteiger partial charge in [-0.2, -0.15) is 0 Å². The highest BCUT2D eigenvalue weighted by Gasteiger charge is 2.30. The van der Waals surface area contributed by atoms with Crippen LogP contribution in [0.4, 0.5) is 5.69 Å². The van der Waals surface area contributed by atoms with Crippen LogP contribution >= 0.6 is 0 Å².